The zero-order valence-corrected chi connectivity index (χ0v) is 23.8. The SMILES string of the molecule is C=CC(=O)N1CCN(c2cc(C(=O)Nc3cc(O)cc4ccccc34)nc(NCCC3CCCN3C)n2)C[C@@H]1CC#N. The molecule has 0 aliphatic carbocycles. The van der Waals surface area contributed by atoms with Crippen molar-refractivity contribution in [1.29, 1.82) is 5.26 Å². The van der Waals surface area contributed by atoms with Gasteiger partial charge in [0, 0.05) is 49.7 Å². The maximum atomic E-state index is 13.6. The molecule has 0 radical (unpaired) electrons. The molecule has 1 aromatic heterocycles. The van der Waals surface area contributed by atoms with E-state index >= 15 is 0 Å². The molecular weight excluding hydrogens is 532 g/mol. The smallest absolute Gasteiger partial charge is 0.274 e. The van der Waals surface area contributed by atoms with Gasteiger partial charge in [0.25, 0.3) is 5.91 Å². The molecule has 0 bridgehead atoms. The normalized spacial score (nSPS) is 19.0. The van der Waals surface area contributed by atoms with E-state index in [1.165, 1.54) is 18.6 Å². The highest BCUT2D eigenvalue weighted by atomic mass is 16.3. The number of rotatable bonds is 9. The van der Waals surface area contributed by atoms with Gasteiger partial charge in [0.2, 0.25) is 11.9 Å². The Balaban J connectivity index is 1.42. The van der Waals surface area contributed by atoms with Gasteiger partial charge in [-0.15, -0.1) is 0 Å². The summed E-state index contributed by atoms with van der Waals surface area (Å²) in [5.74, 6) is 0.255. The van der Waals surface area contributed by atoms with Crippen molar-refractivity contribution in [3.05, 3.63) is 60.8 Å². The lowest BCUT2D eigenvalue weighted by atomic mass is 10.1. The molecule has 11 heteroatoms. The summed E-state index contributed by atoms with van der Waals surface area (Å²) in [4.78, 5) is 41.3. The number of amides is 2. The molecule has 3 heterocycles. The number of nitrogens with zero attached hydrogens (tertiary/aromatic N) is 6. The van der Waals surface area contributed by atoms with Crippen LogP contribution in [0.5, 0.6) is 5.75 Å². The summed E-state index contributed by atoms with van der Waals surface area (Å²) < 4.78 is 0. The second-order valence-electron chi connectivity index (χ2n) is 10.8. The van der Waals surface area contributed by atoms with E-state index in [1.54, 1.807) is 17.0 Å². The Hall–Kier alpha value is -4.69. The number of aromatic hydroxyl groups is 1. The average Bonchev–Trinajstić information content (AvgIpc) is 3.40. The largest absolute Gasteiger partial charge is 0.508 e. The monoisotopic (exact) mass is 568 g/mol. The summed E-state index contributed by atoms with van der Waals surface area (Å²) in [5, 5.41) is 27.5. The lowest BCUT2D eigenvalue weighted by molar-refractivity contribution is -0.128. The number of nitriles is 1. The summed E-state index contributed by atoms with van der Waals surface area (Å²) in [6, 6.07) is 14.6. The Morgan fingerprint density at radius 2 is 2.00 bits per heavy atom. The number of hydrogen-bond acceptors (Lipinski definition) is 9. The average molecular weight is 569 g/mol. The zero-order chi connectivity index (χ0) is 29.6. The summed E-state index contributed by atoms with van der Waals surface area (Å²) in [6.45, 7) is 6.59. The van der Waals surface area contributed by atoms with Gasteiger partial charge in [-0.25, -0.2) is 4.98 Å². The van der Waals surface area contributed by atoms with Gasteiger partial charge in [-0.05, 0) is 50.4 Å². The molecule has 42 heavy (non-hydrogen) atoms. The highest BCUT2D eigenvalue weighted by molar-refractivity contribution is 6.09. The van der Waals surface area contributed by atoms with E-state index in [4.69, 9.17) is 4.98 Å². The highest BCUT2D eigenvalue weighted by Gasteiger charge is 2.31. The molecular formula is C31H36N8O3. The maximum absolute atomic E-state index is 13.6. The fraction of sp³-hybridized carbons (Fsp3) is 0.387. The number of nitrogens with one attached hydrogen (secondary N) is 2. The number of phenolic OH excluding ortho intramolecular Hbond substituents is 1. The van der Waals surface area contributed by atoms with Crippen LogP contribution in [0, 0.1) is 11.3 Å². The molecule has 0 saturated carbocycles. The molecule has 11 nitrogen and oxygen atoms in total. The van der Waals surface area contributed by atoms with E-state index in [0.29, 0.717) is 49.7 Å². The van der Waals surface area contributed by atoms with Crippen LogP contribution in [0.25, 0.3) is 10.8 Å². The predicted octanol–water partition coefficient (Wildman–Crippen LogP) is 3.60. The van der Waals surface area contributed by atoms with Crippen molar-refractivity contribution in [2.24, 2.45) is 0 Å². The lowest BCUT2D eigenvalue weighted by Gasteiger charge is -2.40. The number of hydrogen-bond donors (Lipinski definition) is 3. The molecule has 2 amide bonds. The van der Waals surface area contributed by atoms with E-state index in [1.807, 2.05) is 29.2 Å². The number of piperazine rings is 1. The Morgan fingerprint density at radius 3 is 2.76 bits per heavy atom. The molecule has 0 spiro atoms. The van der Waals surface area contributed by atoms with Crippen LogP contribution in [0.2, 0.25) is 0 Å². The van der Waals surface area contributed by atoms with Crippen LogP contribution in [0.15, 0.2) is 55.1 Å². The fourth-order valence-electron chi connectivity index (χ4n) is 5.82. The van der Waals surface area contributed by atoms with Crippen molar-refractivity contribution in [3.8, 4) is 11.8 Å². The van der Waals surface area contributed by atoms with E-state index in [9.17, 15) is 20.0 Å². The predicted molar refractivity (Wildman–Crippen MR) is 162 cm³/mol. The van der Waals surface area contributed by atoms with Gasteiger partial charge in [0.1, 0.15) is 17.3 Å². The van der Waals surface area contributed by atoms with Crippen molar-refractivity contribution in [3.63, 3.8) is 0 Å². The molecule has 218 valence electrons. The first-order valence-corrected chi connectivity index (χ1v) is 14.3. The number of carbonyl (C=O) groups excluding carboxylic acids is 2. The van der Waals surface area contributed by atoms with E-state index in [0.717, 1.165) is 30.2 Å². The number of benzene rings is 2. The Kier molecular flexibility index (Phi) is 8.83. The van der Waals surface area contributed by atoms with Gasteiger partial charge >= 0.3 is 0 Å². The topological polar surface area (TPSA) is 138 Å². The molecule has 2 aromatic carbocycles. The minimum atomic E-state index is -0.443. The molecule has 3 N–H and O–H groups in total. The Labute approximate surface area is 245 Å². The number of carbonyl (C=O) groups is 2. The van der Waals surface area contributed by atoms with Crippen LogP contribution in [0.4, 0.5) is 17.5 Å². The molecule has 2 aliphatic rings. The lowest BCUT2D eigenvalue weighted by Crippen LogP contribution is -2.55. The van der Waals surface area contributed by atoms with Crippen LogP contribution in [0.3, 0.4) is 0 Å². The highest BCUT2D eigenvalue weighted by Crippen LogP contribution is 2.29. The Bertz CT molecular complexity index is 1520. The molecule has 2 atom stereocenters. The third-order valence-corrected chi connectivity index (χ3v) is 8.06. The third kappa shape index (κ3) is 6.44. The van der Waals surface area contributed by atoms with Crippen LogP contribution in [0.1, 0.15) is 36.2 Å². The van der Waals surface area contributed by atoms with Crippen molar-refractivity contribution in [2.75, 3.05) is 55.3 Å². The van der Waals surface area contributed by atoms with Crippen LogP contribution < -0.4 is 15.5 Å². The first-order chi connectivity index (χ1) is 20.4. The number of aromatic nitrogens is 2. The quantitative estimate of drug-likeness (QED) is 0.331. The molecule has 3 aromatic rings. The van der Waals surface area contributed by atoms with Gasteiger partial charge in [-0.2, -0.15) is 10.2 Å². The van der Waals surface area contributed by atoms with Gasteiger partial charge < -0.3 is 30.4 Å². The summed E-state index contributed by atoms with van der Waals surface area (Å²) in [6.07, 6.45) is 4.69. The molecule has 2 fully saturated rings. The maximum Gasteiger partial charge on any atom is 0.274 e. The van der Waals surface area contributed by atoms with Crippen molar-refractivity contribution < 1.29 is 14.7 Å². The number of anilines is 3. The number of likely N-dealkylation sites (tertiary alicyclic amines) is 1. The third-order valence-electron chi connectivity index (χ3n) is 8.06. The summed E-state index contributed by atoms with van der Waals surface area (Å²) in [5.41, 5.74) is 0.634. The van der Waals surface area contributed by atoms with Gasteiger partial charge in [0.05, 0.1) is 24.2 Å². The molecule has 5 rings (SSSR count). The molecule has 2 aliphatic heterocycles. The first kappa shape index (κ1) is 28.8. The van der Waals surface area contributed by atoms with Gasteiger partial charge in [0.15, 0.2) is 0 Å². The number of phenols is 1. The van der Waals surface area contributed by atoms with Gasteiger partial charge in [-0.3, -0.25) is 9.59 Å². The van der Waals surface area contributed by atoms with Crippen LogP contribution in [-0.4, -0.2) is 88.5 Å². The van der Waals surface area contributed by atoms with Gasteiger partial charge in [-0.1, -0.05) is 30.8 Å². The first-order valence-electron chi connectivity index (χ1n) is 14.3. The minimum Gasteiger partial charge on any atom is -0.508 e. The minimum absolute atomic E-state index is 0.0436. The van der Waals surface area contributed by atoms with Crippen molar-refractivity contribution >= 4 is 40.0 Å². The standard InChI is InChI=1S/C31H36N8O3/c1-3-29(41)39-16-15-38(20-23(39)10-12-32)28-19-27(35-31(36-28)33-13-11-22-8-6-14-37(22)2)30(42)34-26-18-24(40)17-21-7-4-5-9-25(21)26/h3-5,7,9,17-19,22-23,40H,1,6,8,10-11,13-16,20H2,2H3,(H,34,42)(H,33,35,36)/t22?,23-/m0/s1. The zero-order valence-electron chi connectivity index (χ0n) is 23.8. The summed E-state index contributed by atoms with van der Waals surface area (Å²) >= 11 is 0. The van der Waals surface area contributed by atoms with Crippen LogP contribution >= 0.6 is 0 Å². The second kappa shape index (κ2) is 12.9. The Morgan fingerprint density at radius 1 is 1.17 bits per heavy atom. The van der Waals surface area contributed by atoms with Crippen LogP contribution in [-0.2, 0) is 4.79 Å². The molecule has 2 saturated heterocycles. The van der Waals surface area contributed by atoms with E-state index < -0.39 is 5.91 Å². The number of fused-ring (bicyclic) bond motifs is 1. The molecule has 1 unspecified atom stereocenters. The van der Waals surface area contributed by atoms with E-state index in [2.05, 4.69) is 40.2 Å². The van der Waals surface area contributed by atoms with E-state index in [-0.39, 0.29) is 29.8 Å². The van der Waals surface area contributed by atoms with Crippen molar-refractivity contribution in [1.82, 2.24) is 19.8 Å². The fourth-order valence-corrected chi connectivity index (χ4v) is 5.82. The second-order valence-corrected chi connectivity index (χ2v) is 10.8. The van der Waals surface area contributed by atoms with Crippen molar-refractivity contribution in [2.45, 2.75) is 37.8 Å². The summed E-state index contributed by atoms with van der Waals surface area (Å²) in [7, 11) is 2.14.